The molecule has 0 aliphatic carbocycles. The molecule has 0 aliphatic heterocycles. The fourth-order valence-electron chi connectivity index (χ4n) is 3.27. The van der Waals surface area contributed by atoms with Crippen molar-refractivity contribution in [1.82, 2.24) is 25.1 Å². The standard InChI is InChI=1S/C20H27N5O/c1-4-11-25-13-22-24-19(25)12-21-14(2)9-10-16-15(3)23-18-8-6-5-7-17(18)20(16)26/h5-8,13-14,21H,4,9-12H2,1-3H3,(H,23,26). The Hall–Kier alpha value is -2.47. The van der Waals surface area contributed by atoms with Crippen LogP contribution < -0.4 is 10.7 Å². The largest absolute Gasteiger partial charge is 0.358 e. The summed E-state index contributed by atoms with van der Waals surface area (Å²) in [6, 6.07) is 7.98. The molecule has 0 fully saturated rings. The monoisotopic (exact) mass is 353 g/mol. The number of pyridine rings is 1. The van der Waals surface area contributed by atoms with Crippen LogP contribution >= 0.6 is 0 Å². The molecule has 0 saturated heterocycles. The Morgan fingerprint density at radius 1 is 1.31 bits per heavy atom. The molecule has 2 aromatic heterocycles. The first kappa shape index (κ1) is 18.3. The van der Waals surface area contributed by atoms with Crippen LogP contribution in [0.3, 0.4) is 0 Å². The van der Waals surface area contributed by atoms with Crippen molar-refractivity contribution in [3.05, 3.63) is 57.9 Å². The fourth-order valence-corrected chi connectivity index (χ4v) is 3.27. The minimum Gasteiger partial charge on any atom is -0.358 e. The summed E-state index contributed by atoms with van der Waals surface area (Å²) in [5.74, 6) is 0.957. The van der Waals surface area contributed by atoms with Gasteiger partial charge >= 0.3 is 0 Å². The molecule has 2 N–H and O–H groups in total. The van der Waals surface area contributed by atoms with Crippen molar-refractivity contribution in [2.75, 3.05) is 0 Å². The van der Waals surface area contributed by atoms with E-state index in [2.05, 4.69) is 38.9 Å². The molecule has 1 atom stereocenters. The Morgan fingerprint density at radius 3 is 2.92 bits per heavy atom. The van der Waals surface area contributed by atoms with Gasteiger partial charge < -0.3 is 14.9 Å². The molecule has 0 amide bonds. The Kier molecular flexibility index (Phi) is 5.83. The molecule has 26 heavy (non-hydrogen) atoms. The van der Waals surface area contributed by atoms with Gasteiger partial charge in [0, 0.05) is 34.7 Å². The first-order valence-corrected chi connectivity index (χ1v) is 9.30. The van der Waals surface area contributed by atoms with Crippen LogP contribution in [0.4, 0.5) is 0 Å². The van der Waals surface area contributed by atoms with Crippen LogP contribution in [0, 0.1) is 6.92 Å². The predicted octanol–water partition coefficient (Wildman–Crippen LogP) is 2.95. The van der Waals surface area contributed by atoms with E-state index >= 15 is 0 Å². The number of hydrogen-bond donors (Lipinski definition) is 2. The zero-order chi connectivity index (χ0) is 18.5. The molecule has 138 valence electrons. The fraction of sp³-hybridized carbons (Fsp3) is 0.450. The van der Waals surface area contributed by atoms with Crippen molar-refractivity contribution < 1.29 is 0 Å². The molecule has 2 heterocycles. The second-order valence-corrected chi connectivity index (χ2v) is 6.86. The number of aryl methyl sites for hydroxylation is 2. The Morgan fingerprint density at radius 2 is 2.12 bits per heavy atom. The van der Waals surface area contributed by atoms with Crippen LogP contribution in [0.5, 0.6) is 0 Å². The van der Waals surface area contributed by atoms with Gasteiger partial charge in [-0.1, -0.05) is 19.1 Å². The Balaban J connectivity index is 1.63. The summed E-state index contributed by atoms with van der Waals surface area (Å²) >= 11 is 0. The molecule has 3 aromatic rings. The molecular formula is C20H27N5O. The first-order chi connectivity index (χ1) is 12.6. The van der Waals surface area contributed by atoms with E-state index in [0.717, 1.165) is 53.8 Å². The third-order valence-corrected chi connectivity index (χ3v) is 4.82. The lowest BCUT2D eigenvalue weighted by atomic mass is 10.0. The van der Waals surface area contributed by atoms with Gasteiger partial charge in [0.1, 0.15) is 12.2 Å². The van der Waals surface area contributed by atoms with Gasteiger partial charge in [0.2, 0.25) is 0 Å². The van der Waals surface area contributed by atoms with Crippen molar-refractivity contribution in [3.8, 4) is 0 Å². The molecule has 1 unspecified atom stereocenters. The number of aromatic nitrogens is 4. The summed E-state index contributed by atoms with van der Waals surface area (Å²) in [5, 5.41) is 12.4. The number of rotatable bonds is 8. The molecule has 6 nitrogen and oxygen atoms in total. The topological polar surface area (TPSA) is 75.6 Å². The second kappa shape index (κ2) is 8.27. The van der Waals surface area contributed by atoms with E-state index in [9.17, 15) is 4.79 Å². The highest BCUT2D eigenvalue weighted by atomic mass is 16.1. The predicted molar refractivity (Wildman–Crippen MR) is 104 cm³/mol. The van der Waals surface area contributed by atoms with Crippen molar-refractivity contribution in [3.63, 3.8) is 0 Å². The smallest absolute Gasteiger partial charge is 0.192 e. The number of fused-ring (bicyclic) bond motifs is 1. The van der Waals surface area contributed by atoms with E-state index in [4.69, 9.17) is 0 Å². The van der Waals surface area contributed by atoms with Gasteiger partial charge in [0.25, 0.3) is 0 Å². The highest BCUT2D eigenvalue weighted by Crippen LogP contribution is 2.13. The van der Waals surface area contributed by atoms with Gasteiger partial charge in [-0.15, -0.1) is 10.2 Å². The molecule has 6 heteroatoms. The Labute approximate surface area is 153 Å². The minimum atomic E-state index is 0.145. The van der Waals surface area contributed by atoms with E-state index in [1.807, 2.05) is 31.2 Å². The van der Waals surface area contributed by atoms with E-state index in [-0.39, 0.29) is 11.5 Å². The number of aromatic amines is 1. The van der Waals surface area contributed by atoms with Crippen LogP contribution in [0.2, 0.25) is 0 Å². The van der Waals surface area contributed by atoms with E-state index < -0.39 is 0 Å². The van der Waals surface area contributed by atoms with Gasteiger partial charge in [-0.05, 0) is 45.2 Å². The maximum absolute atomic E-state index is 12.8. The van der Waals surface area contributed by atoms with Gasteiger partial charge in [-0.3, -0.25) is 4.79 Å². The highest BCUT2D eigenvalue weighted by molar-refractivity contribution is 5.79. The molecule has 0 radical (unpaired) electrons. The summed E-state index contributed by atoms with van der Waals surface area (Å²) in [6.07, 6.45) is 4.49. The van der Waals surface area contributed by atoms with E-state index in [1.54, 1.807) is 6.33 Å². The number of hydrogen-bond acceptors (Lipinski definition) is 4. The summed E-state index contributed by atoms with van der Waals surface area (Å²) in [5.41, 5.74) is 2.89. The zero-order valence-corrected chi connectivity index (χ0v) is 15.7. The molecular weight excluding hydrogens is 326 g/mol. The number of nitrogens with zero attached hydrogens (tertiary/aromatic N) is 3. The lowest BCUT2D eigenvalue weighted by Crippen LogP contribution is -2.28. The third-order valence-electron chi connectivity index (χ3n) is 4.82. The molecule has 0 spiro atoms. The van der Waals surface area contributed by atoms with Crippen LogP contribution in [-0.2, 0) is 19.5 Å². The molecule has 0 aliphatic rings. The first-order valence-electron chi connectivity index (χ1n) is 9.30. The minimum absolute atomic E-state index is 0.145. The molecule has 3 rings (SSSR count). The normalized spacial score (nSPS) is 12.6. The van der Waals surface area contributed by atoms with Gasteiger partial charge in [0.15, 0.2) is 5.43 Å². The van der Waals surface area contributed by atoms with Crippen LogP contribution in [0.25, 0.3) is 10.9 Å². The van der Waals surface area contributed by atoms with Crippen molar-refractivity contribution in [1.29, 1.82) is 0 Å². The quantitative estimate of drug-likeness (QED) is 0.653. The maximum Gasteiger partial charge on any atom is 0.192 e. The lowest BCUT2D eigenvalue weighted by Gasteiger charge is -2.15. The number of nitrogens with one attached hydrogen (secondary N) is 2. The van der Waals surface area contributed by atoms with Crippen molar-refractivity contribution in [2.24, 2.45) is 0 Å². The van der Waals surface area contributed by atoms with Crippen molar-refractivity contribution in [2.45, 2.75) is 59.2 Å². The van der Waals surface area contributed by atoms with E-state index in [1.165, 1.54) is 0 Å². The molecule has 0 bridgehead atoms. The van der Waals surface area contributed by atoms with Crippen molar-refractivity contribution >= 4 is 10.9 Å². The lowest BCUT2D eigenvalue weighted by molar-refractivity contribution is 0.489. The summed E-state index contributed by atoms with van der Waals surface area (Å²) in [7, 11) is 0. The summed E-state index contributed by atoms with van der Waals surface area (Å²) < 4.78 is 2.08. The maximum atomic E-state index is 12.8. The summed E-state index contributed by atoms with van der Waals surface area (Å²) in [6.45, 7) is 7.89. The average molecular weight is 353 g/mol. The number of para-hydroxylation sites is 1. The zero-order valence-electron chi connectivity index (χ0n) is 15.7. The van der Waals surface area contributed by atoms with Gasteiger partial charge in [-0.25, -0.2) is 0 Å². The van der Waals surface area contributed by atoms with Crippen LogP contribution in [-0.4, -0.2) is 25.8 Å². The van der Waals surface area contributed by atoms with Gasteiger partial charge in [-0.2, -0.15) is 0 Å². The van der Waals surface area contributed by atoms with Crippen LogP contribution in [0.15, 0.2) is 35.4 Å². The molecule has 1 aromatic carbocycles. The Bertz CT molecular complexity index is 927. The number of benzene rings is 1. The van der Waals surface area contributed by atoms with E-state index in [0.29, 0.717) is 6.54 Å². The average Bonchev–Trinajstić information content (AvgIpc) is 3.07. The summed E-state index contributed by atoms with van der Waals surface area (Å²) in [4.78, 5) is 16.1. The van der Waals surface area contributed by atoms with Crippen LogP contribution in [0.1, 0.15) is 43.8 Å². The molecule has 0 saturated carbocycles. The second-order valence-electron chi connectivity index (χ2n) is 6.86. The highest BCUT2D eigenvalue weighted by Gasteiger charge is 2.12. The number of H-pyrrole nitrogens is 1. The third kappa shape index (κ3) is 4.02. The SMILES string of the molecule is CCCn1cnnc1CNC(C)CCc1c(C)[nH]c2ccccc2c1=O. The van der Waals surface area contributed by atoms with Gasteiger partial charge in [0.05, 0.1) is 6.54 Å².